The number of imidazole rings is 1. The average Bonchev–Trinajstić information content (AvgIpc) is 3.58. The van der Waals surface area contributed by atoms with Gasteiger partial charge in [-0.2, -0.15) is 5.26 Å². The van der Waals surface area contributed by atoms with Crippen LogP contribution in [0.1, 0.15) is 60.9 Å². The monoisotopic (exact) mass is 672 g/mol. The Morgan fingerprint density at radius 1 is 1.13 bits per heavy atom. The van der Waals surface area contributed by atoms with Crippen LogP contribution < -0.4 is 14.4 Å². The topological polar surface area (TPSA) is 106 Å². The average molecular weight is 674 g/mol. The van der Waals surface area contributed by atoms with Gasteiger partial charge in [0.25, 0.3) is 5.79 Å². The largest absolute Gasteiger partial charge is 0.465 e. The van der Waals surface area contributed by atoms with Gasteiger partial charge in [0, 0.05) is 56.7 Å². The molecular formula is C35H34Cl2N6O4. The van der Waals surface area contributed by atoms with E-state index in [2.05, 4.69) is 31.5 Å². The Balaban J connectivity index is 1.07. The molecule has 2 aliphatic carbocycles. The summed E-state index contributed by atoms with van der Waals surface area (Å²) in [7, 11) is 1.36. The van der Waals surface area contributed by atoms with Crippen LogP contribution in [0.4, 0.5) is 5.69 Å². The SMILES string of the molecule is COC(=O)c1cc(Cl)c2nc(CN3CCN(c4cccc5c4OC(C)(c4ccc(Cl)cn4)O5)[C@H]4CC[C@@H]43)n(CC3(CC#N)CC3)c2c1. The van der Waals surface area contributed by atoms with Crippen LogP contribution in [0.25, 0.3) is 11.0 Å². The lowest BCUT2D eigenvalue weighted by atomic mass is 9.81. The van der Waals surface area contributed by atoms with E-state index in [0.717, 1.165) is 61.6 Å². The van der Waals surface area contributed by atoms with E-state index in [0.29, 0.717) is 64.2 Å². The first kappa shape index (κ1) is 30.3. The van der Waals surface area contributed by atoms with Crippen LogP contribution in [0.5, 0.6) is 11.5 Å². The molecule has 2 saturated carbocycles. The molecule has 4 aromatic rings. The van der Waals surface area contributed by atoms with Gasteiger partial charge in [-0.1, -0.05) is 29.3 Å². The first-order chi connectivity index (χ1) is 22.7. The summed E-state index contributed by atoms with van der Waals surface area (Å²) in [6.07, 6.45) is 6.22. The molecule has 8 rings (SSSR count). The summed E-state index contributed by atoms with van der Waals surface area (Å²) >= 11 is 12.8. The van der Waals surface area contributed by atoms with Gasteiger partial charge >= 0.3 is 5.97 Å². The molecule has 242 valence electrons. The van der Waals surface area contributed by atoms with Crippen LogP contribution in [0.2, 0.25) is 10.0 Å². The van der Waals surface area contributed by atoms with Crippen molar-refractivity contribution in [2.24, 2.45) is 5.41 Å². The highest BCUT2D eigenvalue weighted by molar-refractivity contribution is 6.35. The number of hydrogen-bond acceptors (Lipinski definition) is 9. The molecule has 0 N–H and O–H groups in total. The maximum absolute atomic E-state index is 12.5. The summed E-state index contributed by atoms with van der Waals surface area (Å²) in [5.41, 5.74) is 3.46. The minimum absolute atomic E-state index is 0.0750. The third-order valence-corrected chi connectivity index (χ3v) is 10.8. The van der Waals surface area contributed by atoms with Crippen LogP contribution in [0.15, 0.2) is 48.7 Å². The maximum Gasteiger partial charge on any atom is 0.337 e. The Morgan fingerprint density at radius 3 is 2.66 bits per heavy atom. The molecule has 2 aromatic carbocycles. The van der Waals surface area contributed by atoms with E-state index in [1.165, 1.54) is 7.11 Å². The molecule has 4 heterocycles. The van der Waals surface area contributed by atoms with Crippen molar-refractivity contribution in [1.82, 2.24) is 19.4 Å². The number of piperazine rings is 1. The Morgan fingerprint density at radius 2 is 1.96 bits per heavy atom. The summed E-state index contributed by atoms with van der Waals surface area (Å²) in [6, 6.07) is 16.1. The number of methoxy groups -OCH3 is 1. The van der Waals surface area contributed by atoms with Crippen molar-refractivity contribution in [2.45, 2.75) is 70.0 Å². The van der Waals surface area contributed by atoms with Crippen molar-refractivity contribution in [3.05, 3.63) is 75.8 Å². The Hall–Kier alpha value is -4.04. The van der Waals surface area contributed by atoms with E-state index in [9.17, 15) is 10.1 Å². The number of aromatic nitrogens is 3. The molecule has 47 heavy (non-hydrogen) atoms. The van der Waals surface area contributed by atoms with Gasteiger partial charge < -0.3 is 23.7 Å². The molecule has 1 saturated heterocycles. The molecule has 0 amide bonds. The van der Waals surface area contributed by atoms with E-state index in [4.69, 9.17) is 42.4 Å². The van der Waals surface area contributed by atoms with Gasteiger partial charge in [0.1, 0.15) is 17.0 Å². The number of benzene rings is 2. The predicted molar refractivity (Wildman–Crippen MR) is 177 cm³/mol. The van der Waals surface area contributed by atoms with Gasteiger partial charge in [-0.05, 0) is 62.1 Å². The number of carbonyl (C=O) groups excluding carboxylic acids is 1. The molecular weight excluding hydrogens is 639 g/mol. The lowest BCUT2D eigenvalue weighted by molar-refractivity contribution is -0.0717. The normalized spacial score (nSPS) is 24.0. The highest BCUT2D eigenvalue weighted by Gasteiger charge is 2.48. The molecule has 4 aliphatic rings. The zero-order valence-electron chi connectivity index (χ0n) is 26.2. The number of para-hydroxylation sites is 1. The zero-order valence-corrected chi connectivity index (χ0v) is 27.7. The summed E-state index contributed by atoms with van der Waals surface area (Å²) in [5, 5.41) is 10.5. The number of carbonyl (C=O) groups is 1. The minimum Gasteiger partial charge on any atom is -0.465 e. The number of pyridine rings is 1. The lowest BCUT2D eigenvalue weighted by Crippen LogP contribution is -2.64. The van der Waals surface area contributed by atoms with Gasteiger partial charge in [0.05, 0.1) is 46.5 Å². The first-order valence-electron chi connectivity index (χ1n) is 16.0. The van der Waals surface area contributed by atoms with Gasteiger partial charge in [-0.15, -0.1) is 0 Å². The van der Waals surface area contributed by atoms with Crippen molar-refractivity contribution in [3.63, 3.8) is 0 Å². The molecule has 0 spiro atoms. The summed E-state index contributed by atoms with van der Waals surface area (Å²) in [5.74, 6) is 0.832. The van der Waals surface area contributed by atoms with Crippen molar-refractivity contribution >= 4 is 45.9 Å². The summed E-state index contributed by atoms with van der Waals surface area (Å²) in [6.45, 7) is 4.82. The molecule has 3 atom stereocenters. The molecule has 2 aliphatic heterocycles. The van der Waals surface area contributed by atoms with Crippen LogP contribution in [-0.2, 0) is 23.6 Å². The number of ether oxygens (including phenoxy) is 3. The van der Waals surface area contributed by atoms with E-state index < -0.39 is 11.8 Å². The fourth-order valence-electron chi connectivity index (χ4n) is 7.42. The molecule has 3 fully saturated rings. The molecule has 10 nitrogen and oxygen atoms in total. The van der Waals surface area contributed by atoms with Crippen LogP contribution in [0, 0.1) is 16.7 Å². The van der Waals surface area contributed by atoms with Gasteiger partial charge in [0.15, 0.2) is 11.5 Å². The second kappa shape index (κ2) is 11.3. The van der Waals surface area contributed by atoms with Gasteiger partial charge in [0.2, 0.25) is 0 Å². The lowest BCUT2D eigenvalue weighted by Gasteiger charge is -2.54. The second-order valence-corrected chi connectivity index (χ2v) is 14.1. The molecule has 0 bridgehead atoms. The highest BCUT2D eigenvalue weighted by Crippen LogP contribution is 2.52. The third kappa shape index (κ3) is 5.16. The van der Waals surface area contributed by atoms with Crippen molar-refractivity contribution < 1.29 is 19.0 Å². The quantitative estimate of drug-likeness (QED) is 0.189. The number of nitriles is 1. The van der Waals surface area contributed by atoms with E-state index in [-0.39, 0.29) is 5.41 Å². The number of fused-ring (bicyclic) bond motifs is 3. The van der Waals surface area contributed by atoms with Crippen molar-refractivity contribution in [3.8, 4) is 17.6 Å². The number of esters is 1. The Kier molecular flexibility index (Phi) is 7.28. The summed E-state index contributed by atoms with van der Waals surface area (Å²) < 4.78 is 20.1. The van der Waals surface area contributed by atoms with Crippen LogP contribution >= 0.6 is 23.2 Å². The maximum atomic E-state index is 12.5. The molecule has 2 aromatic heterocycles. The second-order valence-electron chi connectivity index (χ2n) is 13.3. The van der Waals surface area contributed by atoms with Crippen LogP contribution in [0.3, 0.4) is 0 Å². The smallest absolute Gasteiger partial charge is 0.337 e. The van der Waals surface area contributed by atoms with Crippen molar-refractivity contribution in [2.75, 3.05) is 25.1 Å². The van der Waals surface area contributed by atoms with Crippen LogP contribution in [-0.4, -0.2) is 57.7 Å². The number of anilines is 1. The Labute approximate surface area is 282 Å². The third-order valence-electron chi connectivity index (χ3n) is 10.3. The van der Waals surface area contributed by atoms with E-state index >= 15 is 0 Å². The van der Waals surface area contributed by atoms with Gasteiger partial charge in [-0.3, -0.25) is 9.88 Å². The number of halogens is 2. The minimum atomic E-state index is -1.05. The van der Waals surface area contributed by atoms with Crippen molar-refractivity contribution in [1.29, 1.82) is 5.26 Å². The predicted octanol–water partition coefficient (Wildman–Crippen LogP) is 6.72. The van der Waals surface area contributed by atoms with Gasteiger partial charge in [-0.25, -0.2) is 9.78 Å². The number of hydrogen-bond donors (Lipinski definition) is 0. The first-order valence-corrected chi connectivity index (χ1v) is 16.7. The van der Waals surface area contributed by atoms with E-state index in [1.54, 1.807) is 18.3 Å². The standard InChI is InChI=1S/C35H34Cl2N6O4/c1-34(29-9-6-22(36)18-39-29)46-28-5-3-4-26(32(28)47-34)42-15-14-41(24-7-8-25(24)42)19-30-40-31-23(37)16-21(33(44)45-2)17-27(31)43(30)20-35(10-11-35)12-13-38/h3-6,9,16-18,24-25H,7-8,10-12,14-15,19-20H2,1-2H3/t24-,25-,34?/m0/s1. The number of rotatable bonds is 8. The van der Waals surface area contributed by atoms with E-state index in [1.807, 2.05) is 31.2 Å². The molecule has 12 heteroatoms. The molecule has 1 unspecified atom stereocenters. The zero-order chi connectivity index (χ0) is 32.5. The molecule has 0 radical (unpaired) electrons. The Bertz CT molecular complexity index is 1940. The highest BCUT2D eigenvalue weighted by atomic mass is 35.5. The summed E-state index contributed by atoms with van der Waals surface area (Å²) in [4.78, 5) is 27.0. The fourth-order valence-corrected chi connectivity index (χ4v) is 7.79. The number of nitrogens with zero attached hydrogens (tertiary/aromatic N) is 6. The fraction of sp³-hybridized carbons (Fsp3) is 0.429.